The molecule has 4 nitrogen and oxygen atoms in total. The molecule has 0 unspecified atom stereocenters. The highest BCUT2D eigenvalue weighted by molar-refractivity contribution is 6.31. The first kappa shape index (κ1) is 11.2. The van der Waals surface area contributed by atoms with Crippen molar-refractivity contribution in [3.05, 3.63) is 35.4 Å². The molecule has 0 atom stereocenters. The lowest BCUT2D eigenvalue weighted by Gasteiger charge is -2.04. The van der Waals surface area contributed by atoms with Gasteiger partial charge in [-0.3, -0.25) is 4.68 Å². The summed E-state index contributed by atoms with van der Waals surface area (Å²) in [5, 5.41) is 6.06. The van der Waals surface area contributed by atoms with E-state index < -0.39 is 0 Å². The second kappa shape index (κ2) is 3.78. The van der Waals surface area contributed by atoms with E-state index in [4.69, 9.17) is 17.3 Å². The molecule has 5 heteroatoms. The minimum atomic E-state index is 0.524. The van der Waals surface area contributed by atoms with E-state index in [1.165, 1.54) is 0 Å². The van der Waals surface area contributed by atoms with Crippen LogP contribution in [-0.2, 0) is 14.1 Å². The van der Waals surface area contributed by atoms with Crippen molar-refractivity contribution in [2.24, 2.45) is 14.1 Å². The first-order valence-corrected chi connectivity index (χ1v) is 5.99. The van der Waals surface area contributed by atoms with Crippen LogP contribution in [0.15, 0.2) is 30.3 Å². The highest BCUT2D eigenvalue weighted by Gasteiger charge is 2.12. The number of halogens is 1. The number of rotatable bonds is 1. The lowest BCUT2D eigenvalue weighted by atomic mass is 10.2. The molecule has 2 aromatic heterocycles. The van der Waals surface area contributed by atoms with E-state index in [9.17, 15) is 0 Å². The molecule has 0 saturated carbocycles. The van der Waals surface area contributed by atoms with Gasteiger partial charge in [-0.15, -0.1) is 0 Å². The van der Waals surface area contributed by atoms with Gasteiger partial charge in [0.15, 0.2) is 0 Å². The third-order valence-corrected chi connectivity index (χ3v) is 3.40. The van der Waals surface area contributed by atoms with Gasteiger partial charge in [-0.05, 0) is 18.2 Å². The molecule has 92 valence electrons. The third kappa shape index (κ3) is 1.57. The van der Waals surface area contributed by atoms with Gasteiger partial charge in [-0.1, -0.05) is 17.7 Å². The van der Waals surface area contributed by atoms with Gasteiger partial charge in [0.25, 0.3) is 0 Å². The van der Waals surface area contributed by atoms with Gasteiger partial charge in [0.2, 0.25) is 0 Å². The summed E-state index contributed by atoms with van der Waals surface area (Å²) in [5.74, 6) is 0.524. The van der Waals surface area contributed by atoms with E-state index in [1.54, 1.807) is 4.68 Å². The minimum Gasteiger partial charge on any atom is -0.382 e. The first-order valence-electron chi connectivity index (χ1n) is 5.61. The summed E-state index contributed by atoms with van der Waals surface area (Å²) in [6, 6.07) is 9.85. The highest BCUT2D eigenvalue weighted by atomic mass is 35.5. The Morgan fingerprint density at radius 1 is 1.11 bits per heavy atom. The van der Waals surface area contributed by atoms with Crippen LogP contribution in [0.25, 0.3) is 22.3 Å². The number of hydrogen-bond acceptors (Lipinski definition) is 2. The Hall–Kier alpha value is -1.94. The molecule has 0 radical (unpaired) electrons. The predicted molar refractivity (Wildman–Crippen MR) is 74.5 cm³/mol. The average Bonchev–Trinajstić information content (AvgIpc) is 2.80. The van der Waals surface area contributed by atoms with Crippen molar-refractivity contribution in [2.75, 3.05) is 5.73 Å². The smallest absolute Gasteiger partial charge is 0.146 e. The largest absolute Gasteiger partial charge is 0.382 e. The summed E-state index contributed by atoms with van der Waals surface area (Å²) < 4.78 is 3.88. The van der Waals surface area contributed by atoms with Crippen LogP contribution in [-0.4, -0.2) is 14.3 Å². The van der Waals surface area contributed by atoms with E-state index in [1.807, 2.05) is 38.4 Å². The van der Waals surface area contributed by atoms with Crippen LogP contribution in [0.3, 0.4) is 0 Å². The van der Waals surface area contributed by atoms with Gasteiger partial charge in [0.1, 0.15) is 5.82 Å². The summed E-state index contributed by atoms with van der Waals surface area (Å²) >= 11 is 6.03. The fraction of sp³-hybridized carbons (Fsp3) is 0.154. The van der Waals surface area contributed by atoms with E-state index in [0.29, 0.717) is 5.82 Å². The van der Waals surface area contributed by atoms with Gasteiger partial charge in [0, 0.05) is 36.1 Å². The molecule has 0 bridgehead atoms. The Bertz CT molecular complexity index is 739. The van der Waals surface area contributed by atoms with E-state index in [2.05, 4.69) is 15.7 Å². The second-order valence-corrected chi connectivity index (χ2v) is 4.81. The van der Waals surface area contributed by atoms with Gasteiger partial charge in [0.05, 0.1) is 11.4 Å². The molecule has 1 aromatic carbocycles. The maximum absolute atomic E-state index is 6.03. The van der Waals surface area contributed by atoms with Crippen LogP contribution >= 0.6 is 11.6 Å². The number of nitrogens with zero attached hydrogens (tertiary/aromatic N) is 3. The van der Waals surface area contributed by atoms with E-state index >= 15 is 0 Å². The van der Waals surface area contributed by atoms with Crippen LogP contribution in [0.1, 0.15) is 0 Å². The molecule has 3 aromatic rings. The standard InChI is InChI=1S/C13H13ClN4/c1-17-10-6-9(14)4-3-8(10)5-11(17)12-7-13(15)16-18(12)2/h3-7H,1-2H3,(H2,15,16). The molecule has 18 heavy (non-hydrogen) atoms. The number of aromatic nitrogens is 3. The number of nitrogen functional groups attached to an aromatic ring is 1. The van der Waals surface area contributed by atoms with E-state index in [0.717, 1.165) is 27.3 Å². The zero-order valence-electron chi connectivity index (χ0n) is 10.2. The van der Waals surface area contributed by atoms with Gasteiger partial charge >= 0.3 is 0 Å². The summed E-state index contributed by atoms with van der Waals surface area (Å²) in [6.07, 6.45) is 0. The molecular weight excluding hydrogens is 248 g/mol. The molecule has 0 fully saturated rings. The third-order valence-electron chi connectivity index (χ3n) is 3.17. The normalized spacial score (nSPS) is 11.3. The number of hydrogen-bond donors (Lipinski definition) is 1. The van der Waals surface area contributed by atoms with Gasteiger partial charge < -0.3 is 10.3 Å². The van der Waals surface area contributed by atoms with Crippen molar-refractivity contribution in [3.63, 3.8) is 0 Å². The minimum absolute atomic E-state index is 0.524. The Morgan fingerprint density at radius 3 is 2.56 bits per heavy atom. The number of aryl methyl sites for hydroxylation is 2. The maximum Gasteiger partial charge on any atom is 0.146 e. The van der Waals surface area contributed by atoms with Crippen molar-refractivity contribution >= 4 is 28.3 Å². The predicted octanol–water partition coefficient (Wildman–Crippen LogP) is 2.81. The summed E-state index contributed by atoms with van der Waals surface area (Å²) in [5.41, 5.74) is 8.87. The number of anilines is 1. The molecule has 2 N–H and O–H groups in total. The Kier molecular flexibility index (Phi) is 2.35. The zero-order valence-corrected chi connectivity index (χ0v) is 10.9. The Morgan fingerprint density at radius 2 is 1.89 bits per heavy atom. The van der Waals surface area contributed by atoms with Crippen LogP contribution in [0, 0.1) is 0 Å². The summed E-state index contributed by atoms with van der Waals surface area (Å²) in [4.78, 5) is 0. The van der Waals surface area contributed by atoms with Crippen LogP contribution in [0.2, 0.25) is 5.02 Å². The SMILES string of the molecule is Cn1nc(N)cc1-c1cc2ccc(Cl)cc2n1C. The first-order chi connectivity index (χ1) is 8.56. The quantitative estimate of drug-likeness (QED) is 0.731. The fourth-order valence-electron chi connectivity index (χ4n) is 2.28. The summed E-state index contributed by atoms with van der Waals surface area (Å²) in [7, 11) is 3.90. The highest BCUT2D eigenvalue weighted by Crippen LogP contribution is 2.29. The molecule has 0 aliphatic carbocycles. The molecular formula is C13H13ClN4. The molecule has 2 heterocycles. The van der Waals surface area contributed by atoms with Crippen molar-refractivity contribution in [1.82, 2.24) is 14.3 Å². The van der Waals surface area contributed by atoms with Crippen LogP contribution in [0.5, 0.6) is 0 Å². The van der Waals surface area contributed by atoms with Crippen LogP contribution < -0.4 is 5.73 Å². The monoisotopic (exact) mass is 260 g/mol. The maximum atomic E-state index is 6.03. The molecule has 0 aliphatic rings. The molecule has 3 rings (SSSR count). The molecule has 0 aliphatic heterocycles. The summed E-state index contributed by atoms with van der Waals surface area (Å²) in [6.45, 7) is 0. The van der Waals surface area contributed by atoms with Crippen molar-refractivity contribution in [3.8, 4) is 11.4 Å². The van der Waals surface area contributed by atoms with E-state index in [-0.39, 0.29) is 0 Å². The van der Waals surface area contributed by atoms with Crippen LogP contribution in [0.4, 0.5) is 5.82 Å². The lowest BCUT2D eigenvalue weighted by Crippen LogP contribution is -1.98. The Labute approximate surface area is 110 Å². The zero-order chi connectivity index (χ0) is 12.9. The number of benzene rings is 1. The molecule has 0 spiro atoms. The van der Waals surface area contributed by atoms with Crippen molar-refractivity contribution in [2.45, 2.75) is 0 Å². The fourth-order valence-corrected chi connectivity index (χ4v) is 2.44. The second-order valence-electron chi connectivity index (χ2n) is 4.37. The van der Waals surface area contributed by atoms with Gasteiger partial charge in [-0.25, -0.2) is 0 Å². The topological polar surface area (TPSA) is 48.8 Å². The Balaban J connectivity index is 2.30. The lowest BCUT2D eigenvalue weighted by molar-refractivity contribution is 0.772. The molecule has 0 saturated heterocycles. The average molecular weight is 261 g/mol. The number of fused-ring (bicyclic) bond motifs is 1. The van der Waals surface area contributed by atoms with Crippen molar-refractivity contribution in [1.29, 1.82) is 0 Å². The van der Waals surface area contributed by atoms with Gasteiger partial charge in [-0.2, -0.15) is 5.10 Å². The molecule has 0 amide bonds. The van der Waals surface area contributed by atoms with Crippen molar-refractivity contribution < 1.29 is 0 Å². The number of nitrogens with two attached hydrogens (primary N) is 1.